The summed E-state index contributed by atoms with van der Waals surface area (Å²) in [5.74, 6) is 0.125. The van der Waals surface area contributed by atoms with Crippen molar-refractivity contribution in [3.05, 3.63) is 41.6 Å². The number of amides is 2. The molecule has 0 bridgehead atoms. The Bertz CT molecular complexity index is 1030. The number of hydrogen-bond acceptors (Lipinski definition) is 5. The fourth-order valence-corrected chi connectivity index (χ4v) is 4.64. The molecule has 1 aromatic heterocycles. The molecular weight excluding hydrogens is 418 g/mol. The molecule has 31 heavy (non-hydrogen) atoms. The molecule has 1 aliphatic carbocycles. The minimum atomic E-state index is -3.65. The standard InChI is InChI=1S/C21H29N5O4S/c1-26(2)31(29,30)18-10-6-9-16(12-18)21(28)22-14-20(27)23-19-13-17(24-25-19)11-15-7-4-3-5-8-15/h6,9-10,12-13,15H,3-5,7-8,11,14H2,1-2H3,(H,22,28)(H2,23,24,25,27). The highest BCUT2D eigenvalue weighted by molar-refractivity contribution is 7.89. The molecule has 168 valence electrons. The molecule has 1 saturated carbocycles. The smallest absolute Gasteiger partial charge is 0.251 e. The third kappa shape index (κ3) is 6.14. The van der Waals surface area contributed by atoms with Crippen LogP contribution in [0.4, 0.5) is 5.82 Å². The molecule has 3 rings (SSSR count). The van der Waals surface area contributed by atoms with E-state index in [1.54, 1.807) is 0 Å². The van der Waals surface area contributed by atoms with Crippen molar-refractivity contribution in [2.75, 3.05) is 26.0 Å². The van der Waals surface area contributed by atoms with Crippen molar-refractivity contribution in [2.45, 2.75) is 43.4 Å². The maximum Gasteiger partial charge on any atom is 0.251 e. The molecular formula is C21H29N5O4S. The maximum absolute atomic E-state index is 12.4. The molecule has 0 aliphatic heterocycles. The third-order valence-corrected chi connectivity index (χ3v) is 7.23. The molecule has 0 saturated heterocycles. The molecule has 2 aromatic rings. The summed E-state index contributed by atoms with van der Waals surface area (Å²) in [5.41, 5.74) is 1.15. The number of H-pyrrole nitrogens is 1. The number of nitrogens with zero attached hydrogens (tertiary/aromatic N) is 2. The van der Waals surface area contributed by atoms with Gasteiger partial charge in [0.25, 0.3) is 5.91 Å². The molecule has 2 amide bonds. The van der Waals surface area contributed by atoms with Crippen molar-refractivity contribution in [1.82, 2.24) is 19.8 Å². The SMILES string of the molecule is CN(C)S(=O)(=O)c1cccc(C(=O)NCC(=O)Nc2cc(CC3CCCCC3)[nH]n2)c1. The highest BCUT2D eigenvalue weighted by Crippen LogP contribution is 2.26. The highest BCUT2D eigenvalue weighted by Gasteiger charge is 2.19. The van der Waals surface area contributed by atoms with Gasteiger partial charge in [-0.3, -0.25) is 14.7 Å². The van der Waals surface area contributed by atoms with E-state index in [4.69, 9.17) is 0 Å². The van der Waals surface area contributed by atoms with Crippen molar-refractivity contribution in [1.29, 1.82) is 0 Å². The zero-order valence-electron chi connectivity index (χ0n) is 17.8. The van der Waals surface area contributed by atoms with Crippen LogP contribution in [0.3, 0.4) is 0 Å². The number of hydrogen-bond donors (Lipinski definition) is 3. The van der Waals surface area contributed by atoms with E-state index < -0.39 is 21.8 Å². The van der Waals surface area contributed by atoms with Crippen LogP contribution in [-0.4, -0.2) is 55.4 Å². The average Bonchev–Trinajstić information content (AvgIpc) is 3.19. The summed E-state index contributed by atoms with van der Waals surface area (Å²) in [6.07, 6.45) is 7.22. The lowest BCUT2D eigenvalue weighted by Crippen LogP contribution is -2.33. The summed E-state index contributed by atoms with van der Waals surface area (Å²) >= 11 is 0. The Morgan fingerprint density at radius 3 is 2.61 bits per heavy atom. The van der Waals surface area contributed by atoms with E-state index in [2.05, 4.69) is 20.8 Å². The minimum Gasteiger partial charge on any atom is -0.343 e. The van der Waals surface area contributed by atoms with Crippen LogP contribution in [0.5, 0.6) is 0 Å². The van der Waals surface area contributed by atoms with Crippen LogP contribution in [0.25, 0.3) is 0 Å². The molecule has 1 heterocycles. The monoisotopic (exact) mass is 447 g/mol. The maximum atomic E-state index is 12.4. The van der Waals surface area contributed by atoms with Gasteiger partial charge < -0.3 is 10.6 Å². The Morgan fingerprint density at radius 2 is 1.90 bits per heavy atom. The van der Waals surface area contributed by atoms with Gasteiger partial charge in [-0.05, 0) is 30.5 Å². The molecule has 0 radical (unpaired) electrons. The quantitative estimate of drug-likeness (QED) is 0.572. The molecule has 1 aliphatic rings. The summed E-state index contributed by atoms with van der Waals surface area (Å²) in [6.45, 7) is -0.256. The van der Waals surface area contributed by atoms with Crippen molar-refractivity contribution in [3.8, 4) is 0 Å². The van der Waals surface area contributed by atoms with Gasteiger partial charge in [0, 0.05) is 31.4 Å². The summed E-state index contributed by atoms with van der Waals surface area (Å²) < 4.78 is 25.5. The molecule has 0 atom stereocenters. The molecule has 10 heteroatoms. The molecule has 0 unspecified atom stereocenters. The van der Waals surface area contributed by atoms with Crippen molar-refractivity contribution in [3.63, 3.8) is 0 Å². The van der Waals surface area contributed by atoms with Crippen molar-refractivity contribution < 1.29 is 18.0 Å². The Labute approximate surface area is 182 Å². The fraction of sp³-hybridized carbons (Fsp3) is 0.476. The van der Waals surface area contributed by atoms with Gasteiger partial charge in [0.1, 0.15) is 0 Å². The van der Waals surface area contributed by atoms with Gasteiger partial charge in [-0.1, -0.05) is 38.2 Å². The van der Waals surface area contributed by atoms with Crippen LogP contribution in [0.15, 0.2) is 35.2 Å². The van der Waals surface area contributed by atoms with E-state index in [0.29, 0.717) is 11.7 Å². The van der Waals surface area contributed by atoms with Crippen LogP contribution in [-0.2, 0) is 21.2 Å². The second kappa shape index (κ2) is 10.1. The largest absolute Gasteiger partial charge is 0.343 e. The molecule has 1 fully saturated rings. The predicted octanol–water partition coefficient (Wildman–Crippen LogP) is 2.15. The molecule has 0 spiro atoms. The lowest BCUT2D eigenvalue weighted by atomic mass is 9.86. The number of sulfonamides is 1. The first-order valence-corrected chi connectivity index (χ1v) is 11.8. The van der Waals surface area contributed by atoms with Crippen molar-refractivity contribution in [2.24, 2.45) is 5.92 Å². The number of carbonyl (C=O) groups is 2. The van der Waals surface area contributed by atoms with Crippen LogP contribution in [0.1, 0.15) is 48.2 Å². The van der Waals surface area contributed by atoms with Crippen LogP contribution in [0.2, 0.25) is 0 Å². The normalized spacial score (nSPS) is 15.1. The van der Waals surface area contributed by atoms with Crippen LogP contribution >= 0.6 is 0 Å². The zero-order valence-corrected chi connectivity index (χ0v) is 18.7. The zero-order chi connectivity index (χ0) is 22.4. The topological polar surface area (TPSA) is 124 Å². The van der Waals surface area contributed by atoms with Crippen LogP contribution in [0, 0.1) is 5.92 Å². The number of aromatic amines is 1. The number of anilines is 1. The molecule has 1 aromatic carbocycles. The Morgan fingerprint density at radius 1 is 1.16 bits per heavy atom. The van der Waals surface area contributed by atoms with Gasteiger partial charge in [-0.25, -0.2) is 12.7 Å². The minimum absolute atomic E-state index is 0.0108. The number of nitrogens with one attached hydrogen (secondary N) is 3. The Hall–Kier alpha value is -2.72. The molecule has 3 N–H and O–H groups in total. The summed E-state index contributed by atoms with van der Waals surface area (Å²) in [4.78, 5) is 24.5. The van der Waals surface area contributed by atoms with Gasteiger partial charge in [-0.2, -0.15) is 5.10 Å². The van der Waals surface area contributed by atoms with E-state index in [-0.39, 0.29) is 17.0 Å². The predicted molar refractivity (Wildman–Crippen MR) is 117 cm³/mol. The van der Waals surface area contributed by atoms with Gasteiger partial charge in [0.05, 0.1) is 11.4 Å². The first kappa shape index (κ1) is 23.0. The lowest BCUT2D eigenvalue weighted by molar-refractivity contribution is -0.115. The van der Waals surface area contributed by atoms with Gasteiger partial charge in [0.2, 0.25) is 15.9 Å². The van der Waals surface area contributed by atoms with E-state index in [0.717, 1.165) is 16.4 Å². The van der Waals surface area contributed by atoms with E-state index in [9.17, 15) is 18.0 Å². The van der Waals surface area contributed by atoms with Gasteiger partial charge in [0.15, 0.2) is 5.82 Å². The third-order valence-electron chi connectivity index (χ3n) is 5.42. The van der Waals surface area contributed by atoms with Gasteiger partial charge in [-0.15, -0.1) is 0 Å². The Balaban J connectivity index is 1.51. The number of rotatable bonds is 8. The van der Waals surface area contributed by atoms with E-state index >= 15 is 0 Å². The van der Waals surface area contributed by atoms with Gasteiger partial charge >= 0.3 is 0 Å². The number of carbonyl (C=O) groups excluding carboxylic acids is 2. The first-order valence-electron chi connectivity index (χ1n) is 10.4. The highest BCUT2D eigenvalue weighted by atomic mass is 32.2. The van der Waals surface area contributed by atoms with E-state index in [1.165, 1.54) is 70.5 Å². The Kier molecular flexibility index (Phi) is 7.45. The average molecular weight is 448 g/mol. The second-order valence-corrected chi connectivity index (χ2v) is 10.2. The summed E-state index contributed by atoms with van der Waals surface area (Å²) in [5, 5.41) is 12.2. The summed E-state index contributed by atoms with van der Waals surface area (Å²) in [6, 6.07) is 7.51. The first-order chi connectivity index (χ1) is 14.8. The number of benzene rings is 1. The molecule has 9 nitrogen and oxygen atoms in total. The van der Waals surface area contributed by atoms with Crippen LogP contribution < -0.4 is 10.6 Å². The number of aromatic nitrogens is 2. The second-order valence-electron chi connectivity index (χ2n) is 8.03. The lowest BCUT2D eigenvalue weighted by Gasteiger charge is -2.20. The van der Waals surface area contributed by atoms with Crippen molar-refractivity contribution >= 4 is 27.7 Å². The summed E-state index contributed by atoms with van der Waals surface area (Å²) in [7, 11) is -0.814. The fourth-order valence-electron chi connectivity index (χ4n) is 3.69. The van der Waals surface area contributed by atoms with E-state index in [1.807, 2.05) is 6.07 Å².